The van der Waals surface area contributed by atoms with Gasteiger partial charge in [-0.1, -0.05) is 112 Å². The van der Waals surface area contributed by atoms with Gasteiger partial charge in [-0.2, -0.15) is 0 Å². The zero-order valence-corrected chi connectivity index (χ0v) is 21.4. The molecule has 1 atom stereocenters. The minimum Gasteiger partial charge on any atom is -0.429 e. The molecule has 0 aliphatic heterocycles. The summed E-state index contributed by atoms with van der Waals surface area (Å²) in [6, 6.07) is 35.3. The van der Waals surface area contributed by atoms with Crippen molar-refractivity contribution >= 4 is 27.3 Å². The summed E-state index contributed by atoms with van der Waals surface area (Å²) >= 11 is 0. The van der Waals surface area contributed by atoms with E-state index in [1.54, 1.807) is 0 Å². The van der Waals surface area contributed by atoms with Gasteiger partial charge < -0.3 is 8.54 Å². The third-order valence-corrected chi connectivity index (χ3v) is 16.0. The predicted octanol–water partition coefficient (Wildman–Crippen LogP) is 5.91. The maximum Gasteiger partial charge on any atom is 0.397 e. The Morgan fingerprint density at radius 1 is 0.645 bits per heavy atom. The van der Waals surface area contributed by atoms with Crippen LogP contribution >= 0.6 is 0 Å². The standard InChI is InChI=1S/C27H36O2Si2/c1-5-30(6-2,7-3)29-31(26-19-13-9-14-20-26,27-21-15-10-16-22-27)28-24(4)23-25-17-11-8-12-18-25/h8-22,24H,5-7,23H2,1-4H3. The fourth-order valence-corrected chi connectivity index (χ4v) is 13.6. The van der Waals surface area contributed by atoms with Crippen molar-refractivity contribution in [2.45, 2.75) is 58.4 Å². The molecular formula is C27H36O2Si2. The molecule has 0 amide bonds. The first-order valence-corrected chi connectivity index (χ1v) is 15.9. The first kappa shape index (κ1) is 23.7. The summed E-state index contributed by atoms with van der Waals surface area (Å²) in [5.41, 5.74) is 1.30. The van der Waals surface area contributed by atoms with E-state index in [2.05, 4.69) is 119 Å². The molecule has 31 heavy (non-hydrogen) atoms. The Labute approximate surface area is 190 Å². The summed E-state index contributed by atoms with van der Waals surface area (Å²) in [6.45, 7) is 9.07. The van der Waals surface area contributed by atoms with E-state index in [1.165, 1.54) is 15.9 Å². The summed E-state index contributed by atoms with van der Waals surface area (Å²) in [5, 5.41) is 2.40. The lowest BCUT2D eigenvalue weighted by Crippen LogP contribution is -2.68. The van der Waals surface area contributed by atoms with Gasteiger partial charge in [0.1, 0.15) is 0 Å². The highest BCUT2D eigenvalue weighted by atomic mass is 28.4. The van der Waals surface area contributed by atoms with Crippen LogP contribution in [0.25, 0.3) is 0 Å². The molecule has 0 aliphatic rings. The largest absolute Gasteiger partial charge is 0.429 e. The molecule has 0 aromatic heterocycles. The molecule has 3 aromatic carbocycles. The van der Waals surface area contributed by atoms with Crippen LogP contribution in [0.4, 0.5) is 0 Å². The molecule has 0 saturated carbocycles. The normalized spacial score (nSPS) is 13.2. The molecule has 0 spiro atoms. The topological polar surface area (TPSA) is 18.5 Å². The summed E-state index contributed by atoms with van der Waals surface area (Å²) in [4.78, 5) is 0. The van der Waals surface area contributed by atoms with Crippen molar-refractivity contribution in [3.8, 4) is 0 Å². The average Bonchev–Trinajstić information content (AvgIpc) is 2.84. The van der Waals surface area contributed by atoms with Crippen molar-refractivity contribution < 1.29 is 8.54 Å². The second-order valence-corrected chi connectivity index (χ2v) is 16.2. The van der Waals surface area contributed by atoms with Crippen molar-refractivity contribution in [2.75, 3.05) is 0 Å². The Bertz CT molecular complexity index is 849. The van der Waals surface area contributed by atoms with E-state index >= 15 is 0 Å². The highest BCUT2D eigenvalue weighted by molar-refractivity contribution is 6.98. The van der Waals surface area contributed by atoms with Gasteiger partial charge in [0.15, 0.2) is 8.32 Å². The summed E-state index contributed by atoms with van der Waals surface area (Å²) in [5.74, 6) is 0. The van der Waals surface area contributed by atoms with E-state index in [-0.39, 0.29) is 6.10 Å². The number of hydrogen-bond acceptors (Lipinski definition) is 2. The van der Waals surface area contributed by atoms with Crippen molar-refractivity contribution in [1.82, 2.24) is 0 Å². The molecule has 164 valence electrons. The van der Waals surface area contributed by atoms with Gasteiger partial charge in [-0.05, 0) is 47.4 Å². The Morgan fingerprint density at radius 2 is 1.06 bits per heavy atom. The second kappa shape index (κ2) is 11.0. The van der Waals surface area contributed by atoms with Crippen molar-refractivity contribution in [2.24, 2.45) is 0 Å². The van der Waals surface area contributed by atoms with Gasteiger partial charge in [-0.25, -0.2) is 0 Å². The van der Waals surface area contributed by atoms with Crippen LogP contribution in [0.5, 0.6) is 0 Å². The van der Waals surface area contributed by atoms with Gasteiger partial charge >= 0.3 is 8.56 Å². The summed E-state index contributed by atoms with van der Waals surface area (Å²) in [6.07, 6.45) is 0.920. The van der Waals surface area contributed by atoms with Crippen LogP contribution in [0.15, 0.2) is 91.0 Å². The van der Waals surface area contributed by atoms with Crippen LogP contribution in [-0.2, 0) is 15.0 Å². The molecule has 1 unspecified atom stereocenters. The van der Waals surface area contributed by atoms with Gasteiger partial charge in [-0.3, -0.25) is 0 Å². The molecule has 0 bridgehead atoms. The fraction of sp³-hybridized carbons (Fsp3) is 0.333. The van der Waals surface area contributed by atoms with E-state index in [9.17, 15) is 0 Å². The Kier molecular flexibility index (Phi) is 8.44. The zero-order chi connectivity index (χ0) is 22.2. The molecule has 0 heterocycles. The van der Waals surface area contributed by atoms with Crippen LogP contribution in [-0.4, -0.2) is 23.0 Å². The van der Waals surface area contributed by atoms with Crippen LogP contribution in [0.3, 0.4) is 0 Å². The van der Waals surface area contributed by atoms with E-state index < -0.39 is 16.9 Å². The van der Waals surface area contributed by atoms with Gasteiger partial charge in [0.2, 0.25) is 0 Å². The monoisotopic (exact) mass is 448 g/mol. The van der Waals surface area contributed by atoms with Gasteiger partial charge in [-0.15, -0.1) is 0 Å². The average molecular weight is 449 g/mol. The van der Waals surface area contributed by atoms with E-state index in [0.717, 1.165) is 24.6 Å². The Hall–Kier alpha value is -1.99. The van der Waals surface area contributed by atoms with Gasteiger partial charge in [0.25, 0.3) is 0 Å². The van der Waals surface area contributed by atoms with Crippen LogP contribution in [0.1, 0.15) is 33.3 Å². The highest BCUT2D eigenvalue weighted by Crippen LogP contribution is 2.28. The lowest BCUT2D eigenvalue weighted by molar-refractivity contribution is 0.179. The van der Waals surface area contributed by atoms with Crippen LogP contribution in [0.2, 0.25) is 18.1 Å². The smallest absolute Gasteiger partial charge is 0.397 e. The number of hydrogen-bond donors (Lipinski definition) is 0. The molecule has 0 N–H and O–H groups in total. The summed E-state index contributed by atoms with van der Waals surface area (Å²) < 4.78 is 14.5. The minimum absolute atomic E-state index is 0.0479. The minimum atomic E-state index is -2.90. The van der Waals surface area contributed by atoms with Crippen molar-refractivity contribution in [3.05, 3.63) is 96.6 Å². The SMILES string of the molecule is CC[Si](CC)(CC)O[Si](OC(C)Cc1ccccc1)(c1ccccc1)c1ccccc1. The molecule has 0 aliphatic carbocycles. The molecule has 3 rings (SSSR count). The van der Waals surface area contributed by atoms with Crippen LogP contribution in [0, 0.1) is 0 Å². The lowest BCUT2D eigenvalue weighted by atomic mass is 10.1. The molecule has 2 nitrogen and oxygen atoms in total. The molecule has 0 saturated heterocycles. The van der Waals surface area contributed by atoms with Crippen LogP contribution < -0.4 is 10.4 Å². The third-order valence-electron chi connectivity index (χ3n) is 6.33. The fourth-order valence-electron chi connectivity index (χ4n) is 4.30. The third kappa shape index (κ3) is 5.63. The molecule has 0 fully saturated rings. The quantitative estimate of drug-likeness (QED) is 0.339. The molecule has 0 radical (unpaired) electrons. The second-order valence-electron chi connectivity index (χ2n) is 8.31. The van der Waals surface area contributed by atoms with Gasteiger partial charge in [0.05, 0.1) is 0 Å². The van der Waals surface area contributed by atoms with Crippen molar-refractivity contribution in [1.29, 1.82) is 0 Å². The summed E-state index contributed by atoms with van der Waals surface area (Å²) in [7, 11) is -4.84. The maximum atomic E-state index is 7.41. The number of benzene rings is 3. The molecule has 3 aromatic rings. The molecule has 4 heteroatoms. The van der Waals surface area contributed by atoms with E-state index in [1.807, 2.05) is 0 Å². The maximum absolute atomic E-state index is 7.41. The van der Waals surface area contributed by atoms with Gasteiger partial charge in [0, 0.05) is 6.10 Å². The number of rotatable bonds is 11. The lowest BCUT2D eigenvalue weighted by Gasteiger charge is -2.42. The highest BCUT2D eigenvalue weighted by Gasteiger charge is 2.49. The first-order chi connectivity index (χ1) is 15.1. The first-order valence-electron chi connectivity index (χ1n) is 11.6. The van der Waals surface area contributed by atoms with Crippen molar-refractivity contribution in [3.63, 3.8) is 0 Å². The molecular weight excluding hydrogens is 412 g/mol. The van der Waals surface area contributed by atoms with E-state index in [4.69, 9.17) is 8.54 Å². The van der Waals surface area contributed by atoms with E-state index in [0.29, 0.717) is 0 Å². The zero-order valence-electron chi connectivity index (χ0n) is 19.4. The predicted molar refractivity (Wildman–Crippen MR) is 137 cm³/mol. The Balaban J connectivity index is 2.10. The Morgan fingerprint density at radius 3 is 1.48 bits per heavy atom.